The summed E-state index contributed by atoms with van der Waals surface area (Å²) in [5.41, 5.74) is 8.60. The summed E-state index contributed by atoms with van der Waals surface area (Å²) in [7, 11) is 0. The average Bonchev–Trinajstić information content (AvgIpc) is 3.32. The van der Waals surface area contributed by atoms with Crippen LogP contribution in [0.3, 0.4) is 0 Å². The van der Waals surface area contributed by atoms with Gasteiger partial charge in [-0.3, -0.25) is 18.3 Å². The molecule has 2 aromatic carbocycles. The first-order chi connectivity index (χ1) is 19.9. The Labute approximate surface area is 239 Å². The number of alkyl halides is 1. The van der Waals surface area contributed by atoms with Gasteiger partial charge in [0.25, 0.3) is 5.56 Å². The maximum atomic E-state index is 13.7. The van der Waals surface area contributed by atoms with Crippen molar-refractivity contribution in [3.05, 3.63) is 92.4 Å². The second-order valence-corrected chi connectivity index (χ2v) is 10.4. The Hall–Kier alpha value is -3.76. The van der Waals surface area contributed by atoms with Gasteiger partial charge in [0.1, 0.15) is 5.82 Å². The maximum absolute atomic E-state index is 13.7. The minimum atomic E-state index is -0.619. The van der Waals surface area contributed by atoms with Crippen molar-refractivity contribution in [2.45, 2.75) is 71.2 Å². The molecule has 0 radical (unpaired) electrons. The molecular weight excluding hydrogens is 523 g/mol. The number of rotatable bonds is 16. The molecule has 0 aliphatic carbocycles. The van der Waals surface area contributed by atoms with E-state index in [2.05, 4.69) is 5.32 Å². The van der Waals surface area contributed by atoms with Crippen molar-refractivity contribution >= 4 is 16.9 Å². The highest BCUT2D eigenvalue weighted by molar-refractivity contribution is 5.71. The Bertz CT molecular complexity index is 1530. The number of aryl methyl sites for hydroxylation is 2. The van der Waals surface area contributed by atoms with Gasteiger partial charge < -0.3 is 20.7 Å². The second-order valence-electron chi connectivity index (χ2n) is 10.4. The number of hydrogen-bond acceptors (Lipinski definition) is 6. The summed E-state index contributed by atoms with van der Waals surface area (Å²) in [5, 5.41) is 13.2. The zero-order valence-corrected chi connectivity index (χ0v) is 23.8. The molecule has 1 unspecified atom stereocenters. The number of aliphatic hydroxyl groups excluding tert-OH is 1. The van der Waals surface area contributed by atoms with Gasteiger partial charge in [0.2, 0.25) is 0 Å². The Morgan fingerprint density at radius 1 is 0.951 bits per heavy atom. The third kappa shape index (κ3) is 7.71. The third-order valence-corrected chi connectivity index (χ3v) is 7.33. The van der Waals surface area contributed by atoms with Crippen LogP contribution in [0.4, 0.5) is 10.1 Å². The lowest BCUT2D eigenvalue weighted by molar-refractivity contribution is 0.167. The van der Waals surface area contributed by atoms with E-state index < -0.39 is 24.0 Å². The quantitative estimate of drug-likeness (QED) is 0.142. The largest absolute Gasteiger partial charge is 0.399 e. The molecule has 10 heteroatoms. The molecule has 220 valence electrons. The van der Waals surface area contributed by atoms with E-state index in [0.717, 1.165) is 34.2 Å². The normalized spacial score (nSPS) is 12.3. The molecule has 4 aromatic rings. The summed E-state index contributed by atoms with van der Waals surface area (Å²) in [6.45, 7) is 3.07. The lowest BCUT2D eigenvalue weighted by Crippen LogP contribution is -2.41. The van der Waals surface area contributed by atoms with Crippen molar-refractivity contribution in [2.75, 3.05) is 25.5 Å². The Morgan fingerprint density at radius 2 is 1.71 bits per heavy atom. The minimum absolute atomic E-state index is 0.00748. The second kappa shape index (κ2) is 14.7. The Balaban J connectivity index is 1.71. The zero-order valence-electron chi connectivity index (χ0n) is 23.8. The van der Waals surface area contributed by atoms with E-state index in [1.54, 1.807) is 4.57 Å². The van der Waals surface area contributed by atoms with E-state index >= 15 is 0 Å². The van der Waals surface area contributed by atoms with Crippen molar-refractivity contribution in [3.63, 3.8) is 0 Å². The van der Waals surface area contributed by atoms with Gasteiger partial charge in [-0.2, -0.15) is 0 Å². The number of halogens is 1. The van der Waals surface area contributed by atoms with Crippen LogP contribution >= 0.6 is 0 Å². The fourth-order valence-corrected chi connectivity index (χ4v) is 5.06. The predicted molar refractivity (Wildman–Crippen MR) is 161 cm³/mol. The molecule has 0 saturated carbocycles. The van der Waals surface area contributed by atoms with Crippen molar-refractivity contribution < 1.29 is 9.50 Å². The number of nitrogens with one attached hydrogen (secondary N) is 1. The lowest BCUT2D eigenvalue weighted by atomic mass is 10.1. The van der Waals surface area contributed by atoms with E-state index in [1.165, 1.54) is 0 Å². The molecular formula is C31H41FN6O3. The first-order valence-electron chi connectivity index (χ1n) is 14.5. The van der Waals surface area contributed by atoms with Gasteiger partial charge in [-0.05, 0) is 55.4 Å². The van der Waals surface area contributed by atoms with Gasteiger partial charge in [-0.25, -0.2) is 9.78 Å². The van der Waals surface area contributed by atoms with Gasteiger partial charge >= 0.3 is 5.69 Å². The number of aliphatic hydroxyl groups is 1. The number of nitrogens with two attached hydrogens (primary N) is 1. The fraction of sp³-hybridized carbons (Fsp3) is 0.452. The molecule has 0 aliphatic rings. The van der Waals surface area contributed by atoms with E-state index in [0.29, 0.717) is 62.4 Å². The standard InChI is InChI=1S/C31H41FN6O3/c1-2-26(39)22-34-16-19-36-27(21-24-10-4-3-5-11-24)35-29-28(36)30(40)38(18-9-15-32)31(41)37(29)17-7-6-12-23-13-8-14-25(33)20-23/h3-5,8,10-11,13-14,20,26,34,39H,2,6-7,9,12,15-19,21-22,33H2,1H3. The zero-order chi connectivity index (χ0) is 29.2. The molecule has 4 rings (SSSR count). The van der Waals surface area contributed by atoms with Crippen LogP contribution in [0.15, 0.2) is 64.2 Å². The van der Waals surface area contributed by atoms with Crippen molar-refractivity contribution in [3.8, 4) is 0 Å². The number of benzene rings is 2. The van der Waals surface area contributed by atoms with Crippen LogP contribution in [0.5, 0.6) is 0 Å². The number of nitrogen functional groups attached to an aromatic ring is 1. The van der Waals surface area contributed by atoms with Gasteiger partial charge in [-0.15, -0.1) is 0 Å². The van der Waals surface area contributed by atoms with Crippen LogP contribution in [-0.4, -0.2) is 49.7 Å². The highest BCUT2D eigenvalue weighted by Gasteiger charge is 2.21. The van der Waals surface area contributed by atoms with E-state index in [1.807, 2.05) is 66.1 Å². The number of unbranched alkanes of at least 4 members (excludes halogenated alkanes) is 1. The van der Waals surface area contributed by atoms with Crippen LogP contribution in [0, 0.1) is 0 Å². The summed E-state index contributed by atoms with van der Waals surface area (Å²) in [6, 6.07) is 17.6. The summed E-state index contributed by atoms with van der Waals surface area (Å²) < 4.78 is 17.7. The van der Waals surface area contributed by atoms with Crippen LogP contribution in [0.1, 0.15) is 49.6 Å². The molecule has 0 fully saturated rings. The number of imidazole rings is 1. The predicted octanol–water partition coefficient (Wildman–Crippen LogP) is 3.28. The molecule has 4 N–H and O–H groups in total. The summed E-state index contributed by atoms with van der Waals surface area (Å²) in [5.74, 6) is 0.678. The molecule has 0 amide bonds. The molecule has 0 bridgehead atoms. The van der Waals surface area contributed by atoms with Crippen molar-refractivity contribution in [1.82, 2.24) is 24.0 Å². The first-order valence-corrected chi connectivity index (χ1v) is 14.5. The van der Waals surface area contributed by atoms with Gasteiger partial charge in [0.15, 0.2) is 11.2 Å². The maximum Gasteiger partial charge on any atom is 0.332 e. The number of aromatic nitrogens is 4. The summed E-state index contributed by atoms with van der Waals surface area (Å²) in [6.07, 6.45) is 3.09. The Morgan fingerprint density at radius 3 is 2.44 bits per heavy atom. The fourth-order valence-electron chi connectivity index (χ4n) is 5.06. The van der Waals surface area contributed by atoms with Crippen molar-refractivity contribution in [1.29, 1.82) is 0 Å². The van der Waals surface area contributed by atoms with Crippen LogP contribution in [0.25, 0.3) is 11.2 Å². The molecule has 2 aromatic heterocycles. The number of nitrogens with zero attached hydrogens (tertiary/aromatic N) is 4. The molecule has 2 heterocycles. The van der Waals surface area contributed by atoms with Gasteiger partial charge in [0, 0.05) is 44.8 Å². The third-order valence-electron chi connectivity index (χ3n) is 7.33. The molecule has 0 saturated heterocycles. The smallest absolute Gasteiger partial charge is 0.332 e. The van der Waals surface area contributed by atoms with Crippen LogP contribution in [0.2, 0.25) is 0 Å². The monoisotopic (exact) mass is 564 g/mol. The van der Waals surface area contributed by atoms with Gasteiger partial charge in [-0.1, -0.05) is 49.4 Å². The summed E-state index contributed by atoms with van der Waals surface area (Å²) >= 11 is 0. The number of anilines is 1. The topological polar surface area (TPSA) is 120 Å². The molecule has 41 heavy (non-hydrogen) atoms. The summed E-state index contributed by atoms with van der Waals surface area (Å²) in [4.78, 5) is 32.2. The molecule has 0 aliphatic heterocycles. The van der Waals surface area contributed by atoms with Crippen LogP contribution in [-0.2, 0) is 32.5 Å². The minimum Gasteiger partial charge on any atom is -0.399 e. The average molecular weight is 565 g/mol. The van der Waals surface area contributed by atoms with E-state index in [4.69, 9.17) is 10.7 Å². The molecule has 1 atom stereocenters. The molecule has 0 spiro atoms. The Kier molecular flexibility index (Phi) is 10.9. The van der Waals surface area contributed by atoms with E-state index in [-0.39, 0.29) is 13.0 Å². The number of fused-ring (bicyclic) bond motifs is 1. The number of hydrogen-bond donors (Lipinski definition) is 3. The SMILES string of the molecule is CCC(O)CNCCn1c(Cc2ccccc2)nc2c1c(=O)n(CCCF)c(=O)n2CCCCc1cccc(N)c1. The highest BCUT2D eigenvalue weighted by atomic mass is 19.1. The van der Waals surface area contributed by atoms with Gasteiger partial charge in [0.05, 0.1) is 12.8 Å². The lowest BCUT2D eigenvalue weighted by Gasteiger charge is -2.14. The van der Waals surface area contributed by atoms with Crippen molar-refractivity contribution in [2.24, 2.45) is 0 Å². The molecule has 9 nitrogen and oxygen atoms in total. The van der Waals surface area contributed by atoms with Crippen LogP contribution < -0.4 is 22.3 Å². The van der Waals surface area contributed by atoms with E-state index in [9.17, 15) is 19.1 Å². The first kappa shape index (κ1) is 30.2. The highest BCUT2D eigenvalue weighted by Crippen LogP contribution is 2.17.